The van der Waals surface area contributed by atoms with Gasteiger partial charge >= 0.3 is 0 Å². The quantitative estimate of drug-likeness (QED) is 0.447. The summed E-state index contributed by atoms with van der Waals surface area (Å²) in [5, 5.41) is 0. The number of hydrogen-bond donors (Lipinski definition) is 0. The molecule has 1 aliphatic rings. The first kappa shape index (κ1) is 8.51. The van der Waals surface area contributed by atoms with Gasteiger partial charge in [0.25, 0.3) is 0 Å². The van der Waals surface area contributed by atoms with Crippen LogP contribution < -0.4 is 0 Å². The van der Waals surface area contributed by atoms with Crippen LogP contribution in [0.1, 0.15) is 32.1 Å². The van der Waals surface area contributed by atoms with E-state index in [2.05, 4.69) is 6.58 Å². The third-order valence-corrected chi connectivity index (χ3v) is 2.63. The lowest BCUT2D eigenvalue weighted by Gasteiger charge is -2.11. The Morgan fingerprint density at radius 3 is 2.91 bits per heavy atom. The van der Waals surface area contributed by atoms with Crippen LogP contribution in [0.25, 0.3) is 0 Å². The molecule has 62 valence electrons. The second kappa shape index (κ2) is 4.32. The van der Waals surface area contributed by atoms with Crippen molar-refractivity contribution in [2.75, 3.05) is 0 Å². The van der Waals surface area contributed by atoms with Gasteiger partial charge in [0.1, 0.15) is 6.29 Å². The largest absolute Gasteiger partial charge is 0.303 e. The smallest absolute Gasteiger partial charge is 0.123 e. The minimum atomic E-state index is 0.356. The zero-order valence-corrected chi connectivity index (χ0v) is 6.96. The summed E-state index contributed by atoms with van der Waals surface area (Å²) >= 11 is 0. The number of carbonyl (C=O) groups excluding carboxylic acids is 1. The van der Waals surface area contributed by atoms with Crippen molar-refractivity contribution in [1.29, 1.82) is 0 Å². The molecular weight excluding hydrogens is 136 g/mol. The van der Waals surface area contributed by atoms with Crippen molar-refractivity contribution < 1.29 is 4.79 Å². The zero-order chi connectivity index (χ0) is 8.10. The summed E-state index contributed by atoms with van der Waals surface area (Å²) in [5.74, 6) is 1.01. The van der Waals surface area contributed by atoms with Crippen LogP contribution in [-0.2, 0) is 4.79 Å². The fourth-order valence-electron chi connectivity index (χ4n) is 1.94. The minimum Gasteiger partial charge on any atom is -0.303 e. The second-order valence-electron chi connectivity index (χ2n) is 3.36. The number of aldehydes is 1. The predicted molar refractivity (Wildman–Crippen MR) is 46.3 cm³/mol. The molecule has 1 aliphatic carbocycles. The number of hydrogen-bond acceptors (Lipinski definition) is 1. The average molecular weight is 152 g/mol. The van der Waals surface area contributed by atoms with Crippen LogP contribution >= 0.6 is 0 Å². The van der Waals surface area contributed by atoms with Gasteiger partial charge in [-0.25, -0.2) is 0 Å². The van der Waals surface area contributed by atoms with Gasteiger partial charge in [-0.1, -0.05) is 12.5 Å². The summed E-state index contributed by atoms with van der Waals surface area (Å²) < 4.78 is 0. The molecule has 1 heteroatoms. The molecule has 1 nitrogen and oxygen atoms in total. The Morgan fingerprint density at radius 2 is 2.27 bits per heavy atom. The number of rotatable bonds is 4. The molecule has 2 atom stereocenters. The van der Waals surface area contributed by atoms with Crippen molar-refractivity contribution in [3.05, 3.63) is 12.7 Å². The molecule has 0 aromatic carbocycles. The molecule has 1 rings (SSSR count). The maximum Gasteiger partial charge on any atom is 0.123 e. The summed E-state index contributed by atoms with van der Waals surface area (Å²) in [4.78, 5) is 10.6. The van der Waals surface area contributed by atoms with E-state index >= 15 is 0 Å². The highest BCUT2D eigenvalue weighted by atomic mass is 16.1. The molecule has 11 heavy (non-hydrogen) atoms. The van der Waals surface area contributed by atoms with E-state index in [9.17, 15) is 4.79 Å². The molecule has 0 aliphatic heterocycles. The first-order valence-corrected chi connectivity index (χ1v) is 4.44. The van der Waals surface area contributed by atoms with E-state index in [1.165, 1.54) is 12.8 Å². The van der Waals surface area contributed by atoms with Gasteiger partial charge in [-0.05, 0) is 31.6 Å². The molecule has 0 bridgehead atoms. The minimum absolute atomic E-state index is 0.356. The van der Waals surface area contributed by atoms with Crippen LogP contribution in [0.4, 0.5) is 0 Å². The van der Waals surface area contributed by atoms with Crippen LogP contribution in [-0.4, -0.2) is 6.29 Å². The molecule has 1 saturated carbocycles. The van der Waals surface area contributed by atoms with Gasteiger partial charge in [-0.3, -0.25) is 0 Å². The molecule has 0 heterocycles. The van der Waals surface area contributed by atoms with E-state index in [-0.39, 0.29) is 0 Å². The Labute approximate surface area is 68.5 Å². The van der Waals surface area contributed by atoms with E-state index in [0.29, 0.717) is 11.8 Å². The molecule has 0 saturated heterocycles. The standard InChI is InChI=1S/C10H16O/c1-2-3-5-9-6-4-7-10(9)8-11/h2,8-10H,1,3-7H2. The van der Waals surface area contributed by atoms with Gasteiger partial charge < -0.3 is 4.79 Å². The Balaban J connectivity index is 2.30. The monoisotopic (exact) mass is 152 g/mol. The van der Waals surface area contributed by atoms with Gasteiger partial charge in [-0.15, -0.1) is 6.58 Å². The van der Waals surface area contributed by atoms with E-state index in [1.54, 1.807) is 0 Å². The molecule has 0 amide bonds. The maximum absolute atomic E-state index is 10.6. The van der Waals surface area contributed by atoms with Crippen LogP contribution in [0.5, 0.6) is 0 Å². The predicted octanol–water partition coefficient (Wildman–Crippen LogP) is 2.57. The zero-order valence-electron chi connectivity index (χ0n) is 6.96. The molecule has 0 spiro atoms. The Bertz CT molecular complexity index is 140. The van der Waals surface area contributed by atoms with Gasteiger partial charge in [0.15, 0.2) is 0 Å². The van der Waals surface area contributed by atoms with Gasteiger partial charge in [0, 0.05) is 5.92 Å². The highest BCUT2D eigenvalue weighted by molar-refractivity contribution is 5.54. The highest BCUT2D eigenvalue weighted by Gasteiger charge is 2.25. The van der Waals surface area contributed by atoms with E-state index < -0.39 is 0 Å². The van der Waals surface area contributed by atoms with Crippen molar-refractivity contribution in [2.45, 2.75) is 32.1 Å². The summed E-state index contributed by atoms with van der Waals surface area (Å²) in [7, 11) is 0. The molecule has 0 aromatic rings. The van der Waals surface area contributed by atoms with Crippen LogP contribution in [0.2, 0.25) is 0 Å². The lowest BCUT2D eigenvalue weighted by atomic mass is 9.93. The van der Waals surface area contributed by atoms with Crippen LogP contribution in [0.15, 0.2) is 12.7 Å². The first-order chi connectivity index (χ1) is 5.38. The van der Waals surface area contributed by atoms with E-state index in [0.717, 1.165) is 25.5 Å². The molecule has 0 N–H and O–H groups in total. The SMILES string of the molecule is C=CCCC1CCCC1C=O. The second-order valence-corrected chi connectivity index (χ2v) is 3.36. The summed E-state index contributed by atoms with van der Waals surface area (Å²) in [6, 6.07) is 0. The fraction of sp³-hybridized carbons (Fsp3) is 0.700. The Kier molecular flexibility index (Phi) is 3.34. The van der Waals surface area contributed by atoms with Gasteiger partial charge in [0.2, 0.25) is 0 Å². The molecule has 2 unspecified atom stereocenters. The fourth-order valence-corrected chi connectivity index (χ4v) is 1.94. The highest BCUT2D eigenvalue weighted by Crippen LogP contribution is 2.33. The topological polar surface area (TPSA) is 17.1 Å². The first-order valence-electron chi connectivity index (χ1n) is 4.44. The molecule has 1 fully saturated rings. The van der Waals surface area contributed by atoms with E-state index in [4.69, 9.17) is 0 Å². The summed E-state index contributed by atoms with van der Waals surface area (Å²) in [6.07, 6.45) is 8.91. The lowest BCUT2D eigenvalue weighted by Crippen LogP contribution is -2.08. The van der Waals surface area contributed by atoms with Crippen molar-refractivity contribution in [3.63, 3.8) is 0 Å². The summed E-state index contributed by atoms with van der Waals surface area (Å²) in [5.41, 5.74) is 0. The summed E-state index contributed by atoms with van der Waals surface area (Å²) in [6.45, 7) is 3.68. The van der Waals surface area contributed by atoms with Crippen molar-refractivity contribution in [1.82, 2.24) is 0 Å². The lowest BCUT2D eigenvalue weighted by molar-refractivity contribution is -0.112. The molecule has 0 radical (unpaired) electrons. The van der Waals surface area contributed by atoms with Crippen LogP contribution in [0, 0.1) is 11.8 Å². The molecular formula is C10H16O. The Morgan fingerprint density at radius 1 is 1.45 bits per heavy atom. The third-order valence-electron chi connectivity index (χ3n) is 2.63. The number of allylic oxidation sites excluding steroid dienone is 1. The van der Waals surface area contributed by atoms with E-state index in [1.807, 2.05) is 6.08 Å². The average Bonchev–Trinajstić information content (AvgIpc) is 2.47. The van der Waals surface area contributed by atoms with Crippen LogP contribution in [0.3, 0.4) is 0 Å². The van der Waals surface area contributed by atoms with Crippen molar-refractivity contribution >= 4 is 6.29 Å². The van der Waals surface area contributed by atoms with Gasteiger partial charge in [-0.2, -0.15) is 0 Å². The van der Waals surface area contributed by atoms with Crippen molar-refractivity contribution in [2.24, 2.45) is 11.8 Å². The Hall–Kier alpha value is -0.590. The normalized spacial score (nSPS) is 30.2. The number of carbonyl (C=O) groups is 1. The maximum atomic E-state index is 10.6. The van der Waals surface area contributed by atoms with Gasteiger partial charge in [0.05, 0.1) is 0 Å². The third kappa shape index (κ3) is 2.18. The molecule has 0 aromatic heterocycles. The van der Waals surface area contributed by atoms with Crippen molar-refractivity contribution in [3.8, 4) is 0 Å².